The van der Waals surface area contributed by atoms with E-state index in [2.05, 4.69) is 4.98 Å². The number of aliphatic carboxylic acids is 1. The van der Waals surface area contributed by atoms with E-state index in [0.717, 1.165) is 6.42 Å². The SMILES string of the molecule is NC(=O)c1cnc(N2CCCC(C(=O)O)C2)c(Cl)c1. The second kappa shape index (κ2) is 5.44. The van der Waals surface area contributed by atoms with Crippen molar-refractivity contribution in [1.29, 1.82) is 0 Å². The van der Waals surface area contributed by atoms with E-state index in [4.69, 9.17) is 22.4 Å². The predicted molar refractivity (Wildman–Crippen MR) is 70.3 cm³/mol. The zero-order valence-corrected chi connectivity index (χ0v) is 10.9. The monoisotopic (exact) mass is 283 g/mol. The number of piperidine rings is 1. The Hall–Kier alpha value is -1.82. The van der Waals surface area contributed by atoms with Crippen molar-refractivity contribution in [2.24, 2.45) is 11.7 Å². The molecule has 1 aromatic heterocycles. The summed E-state index contributed by atoms with van der Waals surface area (Å²) in [6.45, 7) is 1.07. The third kappa shape index (κ3) is 2.96. The molecule has 0 spiro atoms. The summed E-state index contributed by atoms with van der Waals surface area (Å²) in [5, 5.41) is 9.36. The van der Waals surface area contributed by atoms with Crippen LogP contribution >= 0.6 is 11.6 Å². The van der Waals surface area contributed by atoms with Gasteiger partial charge in [0.25, 0.3) is 0 Å². The zero-order valence-electron chi connectivity index (χ0n) is 10.2. The topological polar surface area (TPSA) is 96.5 Å². The molecule has 0 aliphatic carbocycles. The lowest BCUT2D eigenvalue weighted by atomic mass is 9.98. The van der Waals surface area contributed by atoms with Gasteiger partial charge in [-0.2, -0.15) is 0 Å². The molecule has 1 saturated heterocycles. The maximum Gasteiger partial charge on any atom is 0.308 e. The Labute approximate surface area is 115 Å². The molecule has 2 heterocycles. The van der Waals surface area contributed by atoms with Crippen LogP contribution in [0.5, 0.6) is 0 Å². The number of nitrogens with zero attached hydrogens (tertiary/aromatic N) is 2. The lowest BCUT2D eigenvalue weighted by molar-refractivity contribution is -0.141. The summed E-state index contributed by atoms with van der Waals surface area (Å²) in [6, 6.07) is 1.45. The van der Waals surface area contributed by atoms with Crippen molar-refractivity contribution in [1.82, 2.24) is 4.98 Å². The van der Waals surface area contributed by atoms with Crippen LogP contribution in [0, 0.1) is 5.92 Å². The molecule has 1 atom stereocenters. The van der Waals surface area contributed by atoms with Crippen molar-refractivity contribution in [3.8, 4) is 0 Å². The molecule has 7 heteroatoms. The molecule has 6 nitrogen and oxygen atoms in total. The number of carboxylic acid groups (broad SMARTS) is 1. The fourth-order valence-electron chi connectivity index (χ4n) is 2.17. The zero-order chi connectivity index (χ0) is 14.0. The van der Waals surface area contributed by atoms with Crippen molar-refractivity contribution < 1.29 is 14.7 Å². The Bertz CT molecular complexity index is 521. The highest BCUT2D eigenvalue weighted by Crippen LogP contribution is 2.28. The molecule has 1 aromatic rings. The number of carbonyl (C=O) groups excluding carboxylic acids is 1. The summed E-state index contributed by atoms with van der Waals surface area (Å²) < 4.78 is 0. The molecular weight excluding hydrogens is 270 g/mol. The first kappa shape index (κ1) is 13.6. The number of nitrogens with two attached hydrogens (primary N) is 1. The average molecular weight is 284 g/mol. The molecule has 19 heavy (non-hydrogen) atoms. The summed E-state index contributed by atoms with van der Waals surface area (Å²) in [4.78, 5) is 28.0. The van der Waals surface area contributed by atoms with Gasteiger partial charge in [0, 0.05) is 19.3 Å². The van der Waals surface area contributed by atoms with Crippen molar-refractivity contribution in [3.63, 3.8) is 0 Å². The van der Waals surface area contributed by atoms with Crippen molar-refractivity contribution in [2.75, 3.05) is 18.0 Å². The second-order valence-corrected chi connectivity index (χ2v) is 4.92. The predicted octanol–water partition coefficient (Wildman–Crippen LogP) is 1.13. The number of hydrogen-bond acceptors (Lipinski definition) is 4. The molecule has 1 unspecified atom stereocenters. The Morgan fingerprint density at radius 1 is 1.53 bits per heavy atom. The Morgan fingerprint density at radius 2 is 2.26 bits per heavy atom. The fraction of sp³-hybridized carbons (Fsp3) is 0.417. The van der Waals surface area contributed by atoms with Crippen molar-refractivity contribution in [2.45, 2.75) is 12.8 Å². The molecule has 1 aliphatic rings. The van der Waals surface area contributed by atoms with Gasteiger partial charge in [0.2, 0.25) is 5.91 Å². The molecule has 1 aliphatic heterocycles. The van der Waals surface area contributed by atoms with Crippen LogP contribution in [0.3, 0.4) is 0 Å². The van der Waals surface area contributed by atoms with Gasteiger partial charge >= 0.3 is 5.97 Å². The van der Waals surface area contributed by atoms with Crippen LogP contribution < -0.4 is 10.6 Å². The number of halogens is 1. The average Bonchev–Trinajstić information content (AvgIpc) is 2.38. The third-order valence-electron chi connectivity index (χ3n) is 3.18. The molecule has 102 valence electrons. The summed E-state index contributed by atoms with van der Waals surface area (Å²) >= 11 is 6.07. The summed E-state index contributed by atoms with van der Waals surface area (Å²) in [5.41, 5.74) is 5.38. The number of carboxylic acids is 1. The van der Waals surface area contributed by atoms with Crippen molar-refractivity contribution >= 4 is 29.3 Å². The first-order valence-electron chi connectivity index (χ1n) is 5.92. The van der Waals surface area contributed by atoms with E-state index in [1.807, 2.05) is 4.90 Å². The highest BCUT2D eigenvalue weighted by atomic mass is 35.5. The van der Waals surface area contributed by atoms with Gasteiger partial charge < -0.3 is 15.7 Å². The molecule has 0 bridgehead atoms. The number of pyridine rings is 1. The van der Waals surface area contributed by atoms with Gasteiger partial charge in [-0.25, -0.2) is 4.98 Å². The standard InChI is InChI=1S/C12H14ClN3O3/c13-9-4-8(10(14)17)5-15-11(9)16-3-1-2-7(6-16)12(18)19/h4-5,7H,1-3,6H2,(H2,14,17)(H,18,19). The van der Waals surface area contributed by atoms with Gasteiger partial charge in [-0.05, 0) is 18.9 Å². The minimum Gasteiger partial charge on any atom is -0.481 e. The number of primary amides is 1. The smallest absolute Gasteiger partial charge is 0.308 e. The van der Waals surface area contributed by atoms with Gasteiger partial charge in [-0.3, -0.25) is 9.59 Å². The van der Waals surface area contributed by atoms with Gasteiger partial charge in [-0.1, -0.05) is 11.6 Å². The van der Waals surface area contributed by atoms with Gasteiger partial charge in [0.1, 0.15) is 5.82 Å². The van der Waals surface area contributed by atoms with Crippen LogP contribution in [0.15, 0.2) is 12.3 Å². The number of carbonyl (C=O) groups is 2. The molecule has 3 N–H and O–H groups in total. The normalized spacial score (nSPS) is 19.2. The van der Waals surface area contributed by atoms with Crippen LogP contribution in [0.1, 0.15) is 23.2 Å². The maximum absolute atomic E-state index is 11.0. The Morgan fingerprint density at radius 3 is 2.84 bits per heavy atom. The fourth-order valence-corrected chi connectivity index (χ4v) is 2.46. The van der Waals surface area contributed by atoms with Crippen LogP contribution in [-0.2, 0) is 4.79 Å². The lowest BCUT2D eigenvalue weighted by Crippen LogP contribution is -2.39. The van der Waals surface area contributed by atoms with Gasteiger partial charge in [0.15, 0.2) is 0 Å². The number of anilines is 1. The van der Waals surface area contributed by atoms with E-state index < -0.39 is 17.8 Å². The van der Waals surface area contributed by atoms with Gasteiger partial charge in [-0.15, -0.1) is 0 Å². The number of hydrogen-bond donors (Lipinski definition) is 2. The van der Waals surface area contributed by atoms with Crippen LogP contribution in [0.25, 0.3) is 0 Å². The van der Waals surface area contributed by atoms with E-state index in [9.17, 15) is 9.59 Å². The Balaban J connectivity index is 2.22. The number of rotatable bonds is 3. The number of aromatic nitrogens is 1. The van der Waals surface area contributed by atoms with Gasteiger partial charge in [0.05, 0.1) is 16.5 Å². The largest absolute Gasteiger partial charge is 0.481 e. The Kier molecular flexibility index (Phi) is 3.90. The third-order valence-corrected chi connectivity index (χ3v) is 3.45. The molecule has 0 aromatic carbocycles. The second-order valence-electron chi connectivity index (χ2n) is 4.52. The molecule has 0 radical (unpaired) electrons. The molecule has 0 saturated carbocycles. The lowest BCUT2D eigenvalue weighted by Gasteiger charge is -2.32. The summed E-state index contributed by atoms with van der Waals surface area (Å²) in [7, 11) is 0. The number of amides is 1. The molecule has 2 rings (SSSR count). The summed E-state index contributed by atoms with van der Waals surface area (Å²) in [6.07, 6.45) is 2.78. The van der Waals surface area contributed by atoms with E-state index in [1.54, 1.807) is 0 Å². The minimum atomic E-state index is -0.811. The van der Waals surface area contributed by atoms with E-state index in [1.165, 1.54) is 12.3 Å². The first-order chi connectivity index (χ1) is 8.99. The van der Waals surface area contributed by atoms with E-state index in [0.29, 0.717) is 30.4 Å². The van der Waals surface area contributed by atoms with Crippen LogP contribution in [0.4, 0.5) is 5.82 Å². The van der Waals surface area contributed by atoms with Crippen LogP contribution in [0.2, 0.25) is 5.02 Å². The van der Waals surface area contributed by atoms with Crippen molar-refractivity contribution in [3.05, 3.63) is 22.8 Å². The van der Waals surface area contributed by atoms with E-state index >= 15 is 0 Å². The summed E-state index contributed by atoms with van der Waals surface area (Å²) in [5.74, 6) is -1.32. The maximum atomic E-state index is 11.0. The minimum absolute atomic E-state index is 0.237. The molecule has 1 fully saturated rings. The highest BCUT2D eigenvalue weighted by molar-refractivity contribution is 6.33. The molecule has 1 amide bonds. The molecular formula is C12H14ClN3O3. The quantitative estimate of drug-likeness (QED) is 0.867. The first-order valence-corrected chi connectivity index (χ1v) is 6.30. The highest BCUT2D eigenvalue weighted by Gasteiger charge is 2.27. The van der Waals surface area contributed by atoms with Crippen LogP contribution in [-0.4, -0.2) is 35.1 Å². The van der Waals surface area contributed by atoms with E-state index in [-0.39, 0.29) is 5.56 Å².